The Balaban J connectivity index is 1.38. The van der Waals surface area contributed by atoms with Crippen LogP contribution in [0.3, 0.4) is 0 Å². The number of hydrogen-bond donors (Lipinski definition) is 2. The lowest BCUT2D eigenvalue weighted by molar-refractivity contribution is 0.172. The van der Waals surface area contributed by atoms with E-state index in [1.165, 1.54) is 30.5 Å². The van der Waals surface area contributed by atoms with Crippen LogP contribution in [0.4, 0.5) is 14.9 Å². The van der Waals surface area contributed by atoms with Gasteiger partial charge in [-0.05, 0) is 80.6 Å². The highest BCUT2D eigenvalue weighted by Crippen LogP contribution is 2.21. The Morgan fingerprint density at radius 3 is 2.52 bits per heavy atom. The topological polar surface area (TPSA) is 44.4 Å². The molecule has 5 heteroatoms. The molecule has 1 saturated heterocycles. The van der Waals surface area contributed by atoms with Crippen molar-refractivity contribution >= 4 is 11.7 Å². The lowest BCUT2D eigenvalue weighted by atomic mass is 9.91. The van der Waals surface area contributed by atoms with Crippen molar-refractivity contribution in [3.63, 3.8) is 0 Å². The second-order valence-corrected chi connectivity index (χ2v) is 7.96. The lowest BCUT2D eigenvalue weighted by Gasteiger charge is -2.32. The number of carbonyl (C=O) groups is 1. The molecule has 1 heterocycles. The molecule has 2 N–H and O–H groups in total. The second-order valence-electron chi connectivity index (χ2n) is 7.96. The Kier molecular flexibility index (Phi) is 8.10. The third-order valence-corrected chi connectivity index (χ3v) is 5.50. The fourth-order valence-electron chi connectivity index (χ4n) is 4.02. The molecule has 4 nitrogen and oxygen atoms in total. The SMILES string of the molecule is C#Cc1cc(C#C)cc(NC(=O)NCCCN2CCCC(Cc3ccc(F)cc3)C2)c1. The first-order valence-corrected chi connectivity index (χ1v) is 10.7. The monoisotopic (exact) mass is 417 g/mol. The molecule has 31 heavy (non-hydrogen) atoms. The highest BCUT2D eigenvalue weighted by molar-refractivity contribution is 5.89. The van der Waals surface area contributed by atoms with E-state index in [-0.39, 0.29) is 11.8 Å². The minimum atomic E-state index is -0.273. The fourth-order valence-corrected chi connectivity index (χ4v) is 4.02. The lowest BCUT2D eigenvalue weighted by Crippen LogP contribution is -2.38. The Morgan fingerprint density at radius 1 is 1.13 bits per heavy atom. The number of urea groups is 1. The quantitative estimate of drug-likeness (QED) is 0.522. The van der Waals surface area contributed by atoms with Crippen molar-refractivity contribution in [1.29, 1.82) is 0 Å². The number of piperidine rings is 1. The normalized spacial score (nSPS) is 16.2. The van der Waals surface area contributed by atoms with Crippen molar-refractivity contribution in [2.75, 3.05) is 31.5 Å². The van der Waals surface area contributed by atoms with Gasteiger partial charge < -0.3 is 15.5 Å². The Hall–Kier alpha value is -3.28. The molecule has 0 aliphatic carbocycles. The van der Waals surface area contributed by atoms with Crippen LogP contribution in [-0.4, -0.2) is 37.1 Å². The summed E-state index contributed by atoms with van der Waals surface area (Å²) in [4.78, 5) is 14.6. The zero-order valence-corrected chi connectivity index (χ0v) is 17.7. The van der Waals surface area contributed by atoms with E-state index in [0.717, 1.165) is 32.5 Å². The molecular formula is C26H28FN3O. The van der Waals surface area contributed by atoms with Crippen LogP contribution in [0.15, 0.2) is 42.5 Å². The minimum Gasteiger partial charge on any atom is -0.338 e. The minimum absolute atomic E-state index is 0.189. The molecule has 1 aliphatic heterocycles. The Morgan fingerprint density at radius 2 is 1.84 bits per heavy atom. The number of nitrogens with one attached hydrogen (secondary N) is 2. The van der Waals surface area contributed by atoms with E-state index >= 15 is 0 Å². The van der Waals surface area contributed by atoms with Gasteiger partial charge in [0.1, 0.15) is 5.82 Å². The van der Waals surface area contributed by atoms with Gasteiger partial charge in [-0.25, -0.2) is 9.18 Å². The van der Waals surface area contributed by atoms with E-state index in [1.807, 2.05) is 12.1 Å². The highest BCUT2D eigenvalue weighted by atomic mass is 19.1. The van der Waals surface area contributed by atoms with Crippen LogP contribution in [0.1, 0.15) is 36.0 Å². The number of carbonyl (C=O) groups excluding carboxylic acids is 1. The first-order valence-electron chi connectivity index (χ1n) is 10.7. The summed E-state index contributed by atoms with van der Waals surface area (Å²) in [6, 6.07) is 11.7. The van der Waals surface area contributed by atoms with E-state index in [1.54, 1.807) is 18.2 Å². The van der Waals surface area contributed by atoms with Gasteiger partial charge in [0.05, 0.1) is 0 Å². The van der Waals surface area contributed by atoms with E-state index < -0.39 is 0 Å². The molecule has 1 atom stereocenters. The van der Waals surface area contributed by atoms with E-state index in [4.69, 9.17) is 12.8 Å². The molecule has 1 unspecified atom stereocenters. The average Bonchev–Trinajstić information content (AvgIpc) is 2.78. The van der Waals surface area contributed by atoms with E-state index in [2.05, 4.69) is 27.4 Å². The summed E-state index contributed by atoms with van der Waals surface area (Å²) in [5.74, 6) is 5.47. The van der Waals surface area contributed by atoms with Crippen LogP contribution in [0.25, 0.3) is 0 Å². The molecule has 3 rings (SSSR count). The molecule has 0 spiro atoms. The van der Waals surface area contributed by atoms with Crippen LogP contribution in [-0.2, 0) is 6.42 Å². The molecule has 0 radical (unpaired) electrons. The van der Waals surface area contributed by atoms with Gasteiger partial charge in [-0.1, -0.05) is 24.0 Å². The second kappa shape index (κ2) is 11.2. The van der Waals surface area contributed by atoms with Crippen LogP contribution >= 0.6 is 0 Å². The van der Waals surface area contributed by atoms with Gasteiger partial charge in [-0.3, -0.25) is 0 Å². The third-order valence-electron chi connectivity index (χ3n) is 5.50. The number of likely N-dealkylation sites (tertiary alicyclic amines) is 1. The number of halogens is 1. The smallest absolute Gasteiger partial charge is 0.319 e. The molecule has 2 amide bonds. The number of anilines is 1. The Bertz CT molecular complexity index is 939. The molecule has 0 saturated carbocycles. The van der Waals surface area contributed by atoms with Crippen LogP contribution in [0, 0.1) is 36.4 Å². The molecule has 160 valence electrons. The maximum atomic E-state index is 13.1. The van der Waals surface area contributed by atoms with Crippen molar-refractivity contribution < 1.29 is 9.18 Å². The highest BCUT2D eigenvalue weighted by Gasteiger charge is 2.19. The summed E-state index contributed by atoms with van der Waals surface area (Å²) < 4.78 is 13.1. The van der Waals surface area contributed by atoms with Crippen molar-refractivity contribution in [1.82, 2.24) is 10.2 Å². The molecule has 1 fully saturated rings. The van der Waals surface area contributed by atoms with Gasteiger partial charge in [-0.15, -0.1) is 12.8 Å². The van der Waals surface area contributed by atoms with Crippen molar-refractivity contribution in [2.45, 2.75) is 25.7 Å². The van der Waals surface area contributed by atoms with Gasteiger partial charge in [0, 0.05) is 29.9 Å². The molecule has 2 aromatic carbocycles. The van der Waals surface area contributed by atoms with Crippen molar-refractivity contribution in [3.05, 3.63) is 65.0 Å². The molecule has 2 aromatic rings. The van der Waals surface area contributed by atoms with E-state index in [0.29, 0.717) is 29.3 Å². The summed E-state index contributed by atoms with van der Waals surface area (Å²) in [7, 11) is 0. The van der Waals surface area contributed by atoms with Crippen molar-refractivity contribution in [2.24, 2.45) is 5.92 Å². The number of rotatable bonds is 7. The van der Waals surface area contributed by atoms with Crippen LogP contribution in [0.2, 0.25) is 0 Å². The van der Waals surface area contributed by atoms with Gasteiger partial charge in [0.15, 0.2) is 0 Å². The summed E-state index contributed by atoms with van der Waals surface area (Å²) in [6.07, 6.45) is 15.1. The maximum absolute atomic E-state index is 13.1. The average molecular weight is 418 g/mol. The third kappa shape index (κ3) is 7.17. The molecule has 0 bridgehead atoms. The van der Waals surface area contributed by atoms with Crippen LogP contribution < -0.4 is 10.6 Å². The number of terminal acetylenes is 2. The number of hydrogen-bond acceptors (Lipinski definition) is 2. The summed E-state index contributed by atoms with van der Waals surface area (Å²) in [5.41, 5.74) is 3.03. The van der Waals surface area contributed by atoms with Crippen LogP contribution in [0.5, 0.6) is 0 Å². The zero-order valence-electron chi connectivity index (χ0n) is 17.7. The van der Waals surface area contributed by atoms with Gasteiger partial charge in [0.2, 0.25) is 0 Å². The summed E-state index contributed by atoms with van der Waals surface area (Å²) in [6.45, 7) is 3.65. The first kappa shape index (κ1) is 22.4. The molecule has 0 aromatic heterocycles. The summed E-state index contributed by atoms with van der Waals surface area (Å²) in [5, 5.41) is 5.67. The molecule has 1 aliphatic rings. The van der Waals surface area contributed by atoms with Gasteiger partial charge in [-0.2, -0.15) is 0 Å². The summed E-state index contributed by atoms with van der Waals surface area (Å²) >= 11 is 0. The zero-order chi connectivity index (χ0) is 22.1. The predicted octanol–water partition coefficient (Wildman–Crippen LogP) is 4.25. The standard InChI is InChI=1S/C26H28FN3O/c1-3-20-15-21(4-2)18-25(17-20)29-26(31)28-12-6-14-30-13-5-7-23(19-30)16-22-8-10-24(27)11-9-22/h1-2,8-11,15,17-18,23H,5-7,12-14,16,19H2,(H2,28,29,31). The number of amides is 2. The predicted molar refractivity (Wildman–Crippen MR) is 123 cm³/mol. The van der Waals surface area contributed by atoms with Gasteiger partial charge >= 0.3 is 6.03 Å². The van der Waals surface area contributed by atoms with Gasteiger partial charge in [0.25, 0.3) is 0 Å². The van der Waals surface area contributed by atoms with Crippen molar-refractivity contribution in [3.8, 4) is 24.7 Å². The fraction of sp³-hybridized carbons (Fsp3) is 0.346. The Labute approximate surface area is 184 Å². The largest absolute Gasteiger partial charge is 0.338 e. The number of nitrogens with zero attached hydrogens (tertiary/aromatic N) is 1. The maximum Gasteiger partial charge on any atom is 0.319 e. The molecular weight excluding hydrogens is 389 g/mol. The number of benzene rings is 2. The first-order chi connectivity index (χ1) is 15.1. The van der Waals surface area contributed by atoms with E-state index in [9.17, 15) is 9.18 Å².